The summed E-state index contributed by atoms with van der Waals surface area (Å²) in [6.07, 6.45) is 11.9. The van der Waals surface area contributed by atoms with Crippen LogP contribution in [0.15, 0.2) is 36.7 Å². The average Bonchev–Trinajstić information content (AvgIpc) is 3.68. The van der Waals surface area contributed by atoms with Gasteiger partial charge in [-0.15, -0.1) is 0 Å². The Morgan fingerprint density at radius 1 is 0.682 bits per heavy atom. The maximum atomic E-state index is 11.4. The molecule has 1 amide bonds. The van der Waals surface area contributed by atoms with Crippen LogP contribution < -0.4 is 0 Å². The van der Waals surface area contributed by atoms with Crippen molar-refractivity contribution in [1.29, 1.82) is 0 Å². The second-order valence-electron chi connectivity index (χ2n) is 21.0. The topological polar surface area (TPSA) is 88.0 Å². The van der Waals surface area contributed by atoms with E-state index in [9.17, 15) is 4.79 Å². The molecular weight excluding hydrogens is 827 g/mol. The smallest absolute Gasteiger partial charge is 0.222 e. The molecular formula is C54H99N7O5. The minimum Gasteiger partial charge on any atom is -0.379 e. The van der Waals surface area contributed by atoms with E-state index in [1.807, 2.05) is 36.8 Å². The molecule has 1 aromatic carbocycles. The zero-order chi connectivity index (χ0) is 48.4. The van der Waals surface area contributed by atoms with E-state index < -0.39 is 0 Å². The van der Waals surface area contributed by atoms with Gasteiger partial charge in [0.15, 0.2) is 0 Å². The molecule has 4 fully saturated rings. The van der Waals surface area contributed by atoms with Crippen molar-refractivity contribution in [3.63, 3.8) is 0 Å². The van der Waals surface area contributed by atoms with E-state index in [0.717, 1.165) is 95.5 Å². The van der Waals surface area contributed by atoms with Crippen molar-refractivity contribution in [2.24, 2.45) is 30.7 Å². The third-order valence-electron chi connectivity index (χ3n) is 12.4. The van der Waals surface area contributed by atoms with Gasteiger partial charge in [-0.1, -0.05) is 107 Å². The van der Waals surface area contributed by atoms with Crippen LogP contribution in [0.4, 0.5) is 0 Å². The number of rotatable bonds is 24. The largest absolute Gasteiger partial charge is 0.379 e. The zero-order valence-corrected chi connectivity index (χ0v) is 44.5. The van der Waals surface area contributed by atoms with E-state index in [0.29, 0.717) is 57.1 Å². The highest BCUT2D eigenvalue weighted by atomic mass is 16.5. The first-order chi connectivity index (χ1) is 31.6. The summed E-state index contributed by atoms with van der Waals surface area (Å²) in [7, 11) is 3.92. The van der Waals surface area contributed by atoms with Crippen molar-refractivity contribution in [2.45, 2.75) is 146 Å². The summed E-state index contributed by atoms with van der Waals surface area (Å²) in [5, 5.41) is 4.30. The van der Waals surface area contributed by atoms with Crippen LogP contribution in [0.1, 0.15) is 131 Å². The maximum Gasteiger partial charge on any atom is 0.222 e. The Kier molecular flexibility index (Phi) is 28.4. The summed E-state index contributed by atoms with van der Waals surface area (Å²) in [4.78, 5) is 23.2. The molecule has 380 valence electrons. The predicted molar refractivity (Wildman–Crippen MR) is 273 cm³/mol. The number of nitrogens with zero attached hydrogens (tertiary/aromatic N) is 7. The molecule has 4 aliphatic heterocycles. The lowest BCUT2D eigenvalue weighted by molar-refractivity contribution is -0.135. The molecule has 0 spiro atoms. The van der Waals surface area contributed by atoms with Gasteiger partial charge < -0.3 is 23.8 Å². The Bertz CT molecular complexity index is 1520. The molecule has 4 saturated heterocycles. The number of benzene rings is 1. The second kappa shape index (κ2) is 32.4. The third-order valence-corrected chi connectivity index (χ3v) is 12.4. The predicted octanol–water partition coefficient (Wildman–Crippen LogP) is 8.69. The van der Waals surface area contributed by atoms with Crippen LogP contribution in [0.25, 0.3) is 0 Å². The van der Waals surface area contributed by atoms with Crippen molar-refractivity contribution in [3.05, 3.63) is 53.3 Å². The minimum atomic E-state index is 0.263. The summed E-state index contributed by atoms with van der Waals surface area (Å²) < 4.78 is 24.3. The molecule has 4 aliphatic rings. The number of ether oxygens (including phenoxy) is 4. The van der Waals surface area contributed by atoms with Gasteiger partial charge in [-0.05, 0) is 67.0 Å². The zero-order valence-electron chi connectivity index (χ0n) is 44.5. The first kappa shape index (κ1) is 57.9. The van der Waals surface area contributed by atoms with Gasteiger partial charge in [0.2, 0.25) is 5.91 Å². The van der Waals surface area contributed by atoms with Gasteiger partial charge in [-0.3, -0.25) is 29.1 Å². The number of piperidine rings is 1. The molecule has 12 heteroatoms. The van der Waals surface area contributed by atoms with Crippen LogP contribution in [-0.4, -0.2) is 171 Å². The SMILES string of the molecule is CC(C)CN1CCCCC1c1cnn(C)c1.CCC(=O)N(C)C1CN(CC(C)C)C1.CCCOCCOCCOC1CN(CC(C)C)C1.CCc1ccc(COC2CN(CC(C)C)C2)cc1. The van der Waals surface area contributed by atoms with Crippen molar-refractivity contribution in [3.8, 4) is 0 Å². The summed E-state index contributed by atoms with van der Waals surface area (Å²) in [6, 6.07) is 9.83. The lowest BCUT2D eigenvalue weighted by Crippen LogP contribution is -2.60. The Balaban J connectivity index is 0.000000235. The van der Waals surface area contributed by atoms with Crippen molar-refractivity contribution < 1.29 is 23.7 Å². The number of hydrogen-bond donors (Lipinski definition) is 0. The van der Waals surface area contributed by atoms with Crippen LogP contribution in [0.5, 0.6) is 0 Å². The quantitative estimate of drug-likeness (QED) is 0.0954. The molecule has 1 atom stereocenters. The first-order valence-corrected chi connectivity index (χ1v) is 26.2. The molecule has 66 heavy (non-hydrogen) atoms. The third kappa shape index (κ3) is 23.3. The fourth-order valence-electron chi connectivity index (χ4n) is 8.99. The maximum absolute atomic E-state index is 11.4. The molecule has 1 unspecified atom stereocenters. The van der Waals surface area contributed by atoms with Crippen molar-refractivity contribution in [1.82, 2.24) is 34.3 Å². The normalized spacial score (nSPS) is 18.8. The highest BCUT2D eigenvalue weighted by molar-refractivity contribution is 5.76. The number of amides is 1. The standard InChI is InChI=1S/C16H25NO.C14H29NO3.C13H23N3.C11H22N2O/c1-4-14-5-7-15(8-6-14)12-18-16-10-17(11-16)9-13(2)3;1-4-5-16-6-7-17-8-9-18-14-11-15(12-14)10-13(2)3;1-11(2)9-16-7-5-4-6-13(16)12-8-14-15(3)10-12;1-5-11(14)12(4)10-7-13(8-10)6-9(2)3/h5-8,13,16H,4,9-12H2,1-3H3;13-14H,4-12H2,1-3H3;8,10-11,13H,4-7,9H2,1-3H3;9-10H,5-8H2,1-4H3. The minimum absolute atomic E-state index is 0.263. The summed E-state index contributed by atoms with van der Waals surface area (Å²) in [5.41, 5.74) is 4.07. The number of aromatic nitrogens is 2. The van der Waals surface area contributed by atoms with E-state index in [2.05, 4.69) is 124 Å². The first-order valence-electron chi connectivity index (χ1n) is 26.2. The van der Waals surface area contributed by atoms with E-state index in [-0.39, 0.29) is 5.91 Å². The highest BCUT2D eigenvalue weighted by Crippen LogP contribution is 2.31. The van der Waals surface area contributed by atoms with Crippen LogP contribution in [0.2, 0.25) is 0 Å². The monoisotopic (exact) mass is 926 g/mol. The lowest BCUT2D eigenvalue weighted by Gasteiger charge is -2.44. The van der Waals surface area contributed by atoms with Crippen molar-refractivity contribution in [2.75, 3.05) is 112 Å². The van der Waals surface area contributed by atoms with E-state index >= 15 is 0 Å². The van der Waals surface area contributed by atoms with Gasteiger partial charge >= 0.3 is 0 Å². The van der Waals surface area contributed by atoms with Gasteiger partial charge in [0.25, 0.3) is 0 Å². The van der Waals surface area contributed by atoms with Gasteiger partial charge in [-0.25, -0.2) is 0 Å². The molecule has 5 heterocycles. The van der Waals surface area contributed by atoms with Gasteiger partial charge in [-0.2, -0.15) is 5.10 Å². The lowest BCUT2D eigenvalue weighted by atomic mass is 9.96. The molecule has 0 N–H and O–H groups in total. The molecule has 0 saturated carbocycles. The summed E-state index contributed by atoms with van der Waals surface area (Å²) in [5.74, 6) is 3.24. The van der Waals surface area contributed by atoms with Crippen LogP contribution >= 0.6 is 0 Å². The number of carbonyl (C=O) groups excluding carboxylic acids is 1. The molecule has 0 aliphatic carbocycles. The van der Waals surface area contributed by atoms with Crippen LogP contribution in [0, 0.1) is 23.7 Å². The van der Waals surface area contributed by atoms with Crippen LogP contribution in [-0.2, 0) is 43.8 Å². The Labute approximate surface area is 404 Å². The summed E-state index contributed by atoms with van der Waals surface area (Å²) in [6.45, 7) is 41.1. The number of hydrogen-bond acceptors (Lipinski definition) is 10. The molecule has 6 rings (SSSR count). The van der Waals surface area contributed by atoms with E-state index in [1.54, 1.807) is 0 Å². The number of likely N-dealkylation sites (N-methyl/N-ethyl adjacent to an activating group) is 1. The van der Waals surface area contributed by atoms with Gasteiger partial charge in [0, 0.05) is 110 Å². The molecule has 0 radical (unpaired) electrons. The second-order valence-corrected chi connectivity index (χ2v) is 21.0. The van der Waals surface area contributed by atoms with Crippen LogP contribution in [0.3, 0.4) is 0 Å². The average molecular weight is 926 g/mol. The number of aryl methyl sites for hydroxylation is 2. The molecule has 2 aromatic rings. The van der Waals surface area contributed by atoms with Crippen molar-refractivity contribution >= 4 is 5.91 Å². The van der Waals surface area contributed by atoms with E-state index in [4.69, 9.17) is 18.9 Å². The highest BCUT2D eigenvalue weighted by Gasteiger charge is 2.32. The molecule has 12 nitrogen and oxygen atoms in total. The van der Waals surface area contributed by atoms with Gasteiger partial charge in [0.1, 0.15) is 0 Å². The number of carbonyl (C=O) groups is 1. The fraction of sp³-hybridized carbons (Fsp3) is 0.815. The Morgan fingerprint density at radius 2 is 1.20 bits per heavy atom. The van der Waals surface area contributed by atoms with Gasteiger partial charge in [0.05, 0.1) is 57.5 Å². The molecule has 0 bridgehead atoms. The Hall–Kier alpha value is -2.42. The summed E-state index contributed by atoms with van der Waals surface area (Å²) >= 11 is 0. The fourth-order valence-corrected chi connectivity index (χ4v) is 8.99. The Morgan fingerprint density at radius 3 is 1.70 bits per heavy atom. The van der Waals surface area contributed by atoms with E-state index in [1.165, 1.54) is 62.1 Å². The number of likely N-dealkylation sites (tertiary alicyclic amines) is 4. The molecule has 1 aromatic heterocycles.